The van der Waals surface area contributed by atoms with Gasteiger partial charge in [-0.25, -0.2) is 0 Å². The van der Waals surface area contributed by atoms with Crippen LogP contribution in [0, 0.1) is 10.1 Å². The fourth-order valence-electron chi connectivity index (χ4n) is 3.12. The maximum atomic E-state index is 13.0. The van der Waals surface area contributed by atoms with Crippen LogP contribution in [0.15, 0.2) is 71.7 Å². The number of hydrogen-bond acceptors (Lipinski definition) is 5. The number of hydrogen-bond donors (Lipinski definition) is 0. The standard InChI is InChI=1S/C21H17N3O3S/c25-20(18-9-8-16-5-1-2-6-17(16)13-18)23-11-10-22-21(23)28-14-15-4-3-7-19(12-15)24(26)27/h1-9,12-13H,10-11,14H2. The van der Waals surface area contributed by atoms with E-state index in [1.54, 1.807) is 17.0 Å². The Kier molecular flexibility index (Phi) is 5.08. The first-order valence-corrected chi connectivity index (χ1v) is 9.81. The molecule has 0 atom stereocenters. The highest BCUT2D eigenvalue weighted by Crippen LogP contribution is 2.24. The normalized spacial score (nSPS) is 13.6. The minimum atomic E-state index is -0.406. The average Bonchev–Trinajstić information content (AvgIpc) is 3.20. The van der Waals surface area contributed by atoms with Gasteiger partial charge in [-0.15, -0.1) is 0 Å². The summed E-state index contributed by atoms with van der Waals surface area (Å²) < 4.78 is 0. The number of amidine groups is 1. The van der Waals surface area contributed by atoms with E-state index >= 15 is 0 Å². The van der Waals surface area contributed by atoms with Crippen LogP contribution in [0.25, 0.3) is 10.8 Å². The molecule has 0 saturated carbocycles. The predicted molar refractivity (Wildman–Crippen MR) is 112 cm³/mol. The number of non-ortho nitro benzene ring substituents is 1. The molecule has 3 aromatic carbocycles. The molecule has 0 spiro atoms. The topological polar surface area (TPSA) is 75.8 Å². The third-order valence-electron chi connectivity index (χ3n) is 4.53. The molecule has 0 N–H and O–H groups in total. The third kappa shape index (κ3) is 3.75. The van der Waals surface area contributed by atoms with Crippen LogP contribution in [-0.4, -0.2) is 34.0 Å². The van der Waals surface area contributed by atoms with Gasteiger partial charge in [0.15, 0.2) is 5.17 Å². The number of aliphatic imine (C=N–C) groups is 1. The Morgan fingerprint density at radius 3 is 2.71 bits per heavy atom. The highest BCUT2D eigenvalue weighted by Gasteiger charge is 2.25. The lowest BCUT2D eigenvalue weighted by molar-refractivity contribution is -0.384. The minimum absolute atomic E-state index is 0.0653. The van der Waals surface area contributed by atoms with Crippen molar-refractivity contribution in [1.82, 2.24) is 4.90 Å². The van der Waals surface area contributed by atoms with Gasteiger partial charge < -0.3 is 0 Å². The summed E-state index contributed by atoms with van der Waals surface area (Å²) in [5, 5.41) is 13.7. The molecule has 4 rings (SSSR count). The molecule has 1 heterocycles. The van der Waals surface area contributed by atoms with Crippen LogP contribution in [0.5, 0.6) is 0 Å². The molecule has 0 saturated heterocycles. The van der Waals surface area contributed by atoms with Crippen molar-refractivity contribution < 1.29 is 9.72 Å². The molecule has 0 fully saturated rings. The van der Waals surface area contributed by atoms with Gasteiger partial charge in [0.25, 0.3) is 11.6 Å². The van der Waals surface area contributed by atoms with Crippen LogP contribution in [0.3, 0.4) is 0 Å². The SMILES string of the molecule is O=C(c1ccc2ccccc2c1)N1CCN=C1SCc1cccc([N+](=O)[O-])c1. The van der Waals surface area contributed by atoms with E-state index < -0.39 is 4.92 Å². The number of benzene rings is 3. The highest BCUT2D eigenvalue weighted by molar-refractivity contribution is 8.13. The lowest BCUT2D eigenvalue weighted by Gasteiger charge is -2.18. The first-order chi connectivity index (χ1) is 13.6. The van der Waals surface area contributed by atoms with Gasteiger partial charge in [-0.1, -0.05) is 54.2 Å². The smallest absolute Gasteiger partial charge is 0.269 e. The molecule has 0 unspecified atom stereocenters. The van der Waals surface area contributed by atoms with E-state index in [0.717, 1.165) is 16.3 Å². The third-order valence-corrected chi connectivity index (χ3v) is 5.62. The number of nitrogens with zero attached hydrogens (tertiary/aromatic N) is 3. The summed E-state index contributed by atoms with van der Waals surface area (Å²) >= 11 is 1.42. The lowest BCUT2D eigenvalue weighted by Crippen LogP contribution is -2.32. The Morgan fingerprint density at radius 1 is 1.07 bits per heavy atom. The zero-order valence-corrected chi connectivity index (χ0v) is 15.8. The molecule has 6 nitrogen and oxygen atoms in total. The zero-order chi connectivity index (χ0) is 19.5. The maximum Gasteiger partial charge on any atom is 0.269 e. The monoisotopic (exact) mass is 391 g/mol. The zero-order valence-electron chi connectivity index (χ0n) is 14.9. The summed E-state index contributed by atoms with van der Waals surface area (Å²) in [6.45, 7) is 1.11. The molecule has 1 aliphatic rings. The fraction of sp³-hybridized carbons (Fsp3) is 0.143. The van der Waals surface area contributed by atoms with Gasteiger partial charge in [-0.2, -0.15) is 0 Å². The van der Waals surface area contributed by atoms with Gasteiger partial charge in [0.2, 0.25) is 0 Å². The second-order valence-corrected chi connectivity index (χ2v) is 7.34. The summed E-state index contributed by atoms with van der Waals surface area (Å²) in [6, 6.07) is 20.1. The molecular weight excluding hydrogens is 374 g/mol. The largest absolute Gasteiger partial charge is 0.286 e. The van der Waals surface area contributed by atoms with Crippen molar-refractivity contribution in [3.05, 3.63) is 88.0 Å². The quantitative estimate of drug-likeness (QED) is 0.485. The van der Waals surface area contributed by atoms with Crippen molar-refractivity contribution in [2.24, 2.45) is 4.99 Å². The van der Waals surface area contributed by atoms with E-state index in [9.17, 15) is 14.9 Å². The van der Waals surface area contributed by atoms with Crippen LogP contribution < -0.4 is 0 Å². The summed E-state index contributed by atoms with van der Waals surface area (Å²) in [4.78, 5) is 29.7. The van der Waals surface area contributed by atoms with Crippen LogP contribution in [-0.2, 0) is 5.75 Å². The number of fused-ring (bicyclic) bond motifs is 1. The van der Waals surface area contributed by atoms with Crippen LogP contribution in [0.2, 0.25) is 0 Å². The number of thioether (sulfide) groups is 1. The number of rotatable bonds is 4. The molecule has 0 bridgehead atoms. The van der Waals surface area contributed by atoms with Gasteiger partial charge in [0.1, 0.15) is 0 Å². The molecule has 1 aliphatic heterocycles. The van der Waals surface area contributed by atoms with Crippen molar-refractivity contribution >= 4 is 39.3 Å². The number of carbonyl (C=O) groups excluding carboxylic acids is 1. The van der Waals surface area contributed by atoms with Crippen molar-refractivity contribution in [2.45, 2.75) is 5.75 Å². The molecule has 3 aromatic rings. The molecule has 0 radical (unpaired) electrons. The van der Waals surface area contributed by atoms with Crippen molar-refractivity contribution in [1.29, 1.82) is 0 Å². The Hall–Kier alpha value is -3.19. The number of nitro groups is 1. The minimum Gasteiger partial charge on any atom is -0.286 e. The predicted octanol–water partition coefficient (Wildman–Crippen LogP) is 4.49. The molecule has 0 aliphatic carbocycles. The number of carbonyl (C=O) groups is 1. The van der Waals surface area contributed by atoms with Crippen molar-refractivity contribution in [2.75, 3.05) is 13.1 Å². The van der Waals surface area contributed by atoms with Crippen molar-refractivity contribution in [3.63, 3.8) is 0 Å². The molecule has 140 valence electrons. The first kappa shape index (κ1) is 18.2. The van der Waals surface area contributed by atoms with E-state index in [2.05, 4.69) is 4.99 Å². The van der Waals surface area contributed by atoms with Crippen LogP contribution >= 0.6 is 11.8 Å². The molecule has 28 heavy (non-hydrogen) atoms. The Balaban J connectivity index is 1.48. The van der Waals surface area contributed by atoms with E-state index in [4.69, 9.17) is 0 Å². The van der Waals surface area contributed by atoms with Crippen LogP contribution in [0.4, 0.5) is 5.69 Å². The number of nitro benzene ring substituents is 1. The van der Waals surface area contributed by atoms with Gasteiger partial charge in [-0.3, -0.25) is 24.8 Å². The summed E-state index contributed by atoms with van der Waals surface area (Å²) in [5.41, 5.74) is 1.52. The molecular formula is C21H17N3O3S. The summed E-state index contributed by atoms with van der Waals surface area (Å²) in [6.07, 6.45) is 0. The molecule has 0 aromatic heterocycles. The maximum absolute atomic E-state index is 13.0. The summed E-state index contributed by atoms with van der Waals surface area (Å²) in [7, 11) is 0. The van der Waals surface area contributed by atoms with E-state index in [1.807, 2.05) is 48.5 Å². The highest BCUT2D eigenvalue weighted by atomic mass is 32.2. The molecule has 1 amide bonds. The van der Waals surface area contributed by atoms with Gasteiger partial charge >= 0.3 is 0 Å². The second-order valence-electron chi connectivity index (χ2n) is 6.40. The lowest BCUT2D eigenvalue weighted by atomic mass is 10.1. The Morgan fingerprint density at radius 2 is 1.89 bits per heavy atom. The fourth-order valence-corrected chi connectivity index (χ4v) is 4.11. The Labute approximate surface area is 166 Å². The second kappa shape index (κ2) is 7.82. The van der Waals surface area contributed by atoms with Gasteiger partial charge in [-0.05, 0) is 28.5 Å². The van der Waals surface area contributed by atoms with E-state index in [0.29, 0.717) is 29.6 Å². The number of amides is 1. The van der Waals surface area contributed by atoms with Gasteiger partial charge in [0.05, 0.1) is 11.5 Å². The molecule has 7 heteroatoms. The Bertz CT molecular complexity index is 1100. The summed E-state index contributed by atoms with van der Waals surface area (Å²) in [5.74, 6) is 0.440. The van der Waals surface area contributed by atoms with Gasteiger partial charge in [0, 0.05) is 30.0 Å². The van der Waals surface area contributed by atoms with Crippen molar-refractivity contribution in [3.8, 4) is 0 Å². The van der Waals surface area contributed by atoms with E-state index in [-0.39, 0.29) is 11.6 Å². The average molecular weight is 391 g/mol. The first-order valence-electron chi connectivity index (χ1n) is 8.83. The van der Waals surface area contributed by atoms with Crippen LogP contribution in [0.1, 0.15) is 15.9 Å². The van der Waals surface area contributed by atoms with E-state index in [1.165, 1.54) is 17.8 Å².